The summed E-state index contributed by atoms with van der Waals surface area (Å²) in [6.07, 6.45) is 0. The molecule has 1 aromatic carbocycles. The number of rotatable bonds is 3. The summed E-state index contributed by atoms with van der Waals surface area (Å²) < 4.78 is 5.03. The fraction of sp³-hybridized carbons (Fsp3) is 0.200. The summed E-state index contributed by atoms with van der Waals surface area (Å²) in [5, 5.41) is 3.85. The molecule has 0 heterocycles. The number of nitrogens with zero attached hydrogens (tertiary/aromatic N) is 1. The van der Waals surface area contributed by atoms with Crippen LogP contribution >= 0.6 is 0 Å². The van der Waals surface area contributed by atoms with Crippen LogP contribution in [-0.2, 0) is 0 Å². The molecular weight excluding hydrogens is 208 g/mol. The van der Waals surface area contributed by atoms with E-state index in [1.165, 1.54) is 0 Å². The Morgan fingerprint density at radius 2 is 2.00 bits per heavy atom. The summed E-state index contributed by atoms with van der Waals surface area (Å²) in [6, 6.07) is 6.77. The first-order valence-corrected chi connectivity index (χ1v) is 4.62. The number of carbonyl (C=O) groups excluding carboxylic acids is 1. The Labute approximate surface area is 93.4 Å². The van der Waals surface area contributed by atoms with Crippen molar-refractivity contribution >= 4 is 11.7 Å². The third-order valence-electron chi connectivity index (χ3n) is 1.96. The summed E-state index contributed by atoms with van der Waals surface area (Å²) in [5.74, 6) is 5.65. The molecule has 0 fully saturated rings. The molecule has 0 saturated carbocycles. The van der Waals surface area contributed by atoms with Gasteiger partial charge in [-0.15, -0.1) is 0 Å². The van der Waals surface area contributed by atoms with Crippen LogP contribution in [0.1, 0.15) is 12.5 Å². The first-order valence-electron chi connectivity index (χ1n) is 4.62. The molecule has 0 unspecified atom stereocenters. The number of hydrogen-bond acceptors (Lipinski definition) is 4. The highest BCUT2D eigenvalue weighted by atomic mass is 16.5. The van der Waals surface area contributed by atoms with Crippen LogP contribution in [-0.4, -0.2) is 18.9 Å². The summed E-state index contributed by atoms with van der Waals surface area (Å²) in [6.45, 7) is 1.78. The predicted octanol–water partition coefficient (Wildman–Crippen LogP) is 0.592. The largest absolute Gasteiger partial charge is 0.497 e. The number of hydrazine groups is 1. The Hall–Kier alpha value is -2.08. The van der Waals surface area contributed by atoms with E-state index in [9.17, 15) is 4.79 Å². The van der Waals surface area contributed by atoms with Gasteiger partial charge in [-0.3, -0.25) is 5.43 Å². The van der Waals surface area contributed by atoms with Gasteiger partial charge >= 0.3 is 6.03 Å². The van der Waals surface area contributed by atoms with Crippen molar-refractivity contribution in [3.05, 3.63) is 29.8 Å². The van der Waals surface area contributed by atoms with Gasteiger partial charge in [0.05, 0.1) is 12.8 Å². The highest BCUT2D eigenvalue weighted by molar-refractivity contribution is 5.99. The first kappa shape index (κ1) is 12.0. The average molecular weight is 222 g/mol. The Morgan fingerprint density at radius 3 is 2.50 bits per heavy atom. The van der Waals surface area contributed by atoms with E-state index in [1.807, 2.05) is 29.7 Å². The topological polar surface area (TPSA) is 88.7 Å². The van der Waals surface area contributed by atoms with Gasteiger partial charge in [-0.25, -0.2) is 16.1 Å². The maximum Gasteiger partial charge on any atom is 0.349 e. The van der Waals surface area contributed by atoms with E-state index in [0.29, 0.717) is 5.71 Å². The number of carbonyl (C=O) groups is 1. The summed E-state index contributed by atoms with van der Waals surface area (Å²) in [5.41, 5.74) is 5.71. The second-order valence-electron chi connectivity index (χ2n) is 3.01. The van der Waals surface area contributed by atoms with Gasteiger partial charge in [-0.1, -0.05) is 0 Å². The molecule has 6 nitrogen and oxygen atoms in total. The third kappa shape index (κ3) is 3.25. The van der Waals surface area contributed by atoms with Crippen molar-refractivity contribution in [3.63, 3.8) is 0 Å². The van der Waals surface area contributed by atoms with Gasteiger partial charge < -0.3 is 4.74 Å². The first-order chi connectivity index (χ1) is 7.67. The molecule has 0 aliphatic carbocycles. The molecule has 4 N–H and O–H groups in total. The normalized spacial score (nSPS) is 10.8. The molecule has 1 aromatic rings. The SMILES string of the molecule is COc1ccc(/C(C)=N/NC(=O)NN)cc1. The molecule has 1 rings (SSSR count). The van der Waals surface area contributed by atoms with Crippen molar-refractivity contribution in [1.82, 2.24) is 10.9 Å². The molecule has 86 valence electrons. The van der Waals surface area contributed by atoms with Crippen molar-refractivity contribution in [2.24, 2.45) is 10.9 Å². The van der Waals surface area contributed by atoms with Gasteiger partial charge in [0.15, 0.2) is 0 Å². The number of amides is 2. The lowest BCUT2D eigenvalue weighted by Crippen LogP contribution is -2.37. The van der Waals surface area contributed by atoms with Crippen molar-refractivity contribution in [3.8, 4) is 5.75 Å². The molecule has 0 atom stereocenters. The van der Waals surface area contributed by atoms with E-state index >= 15 is 0 Å². The quantitative estimate of drug-likeness (QED) is 0.303. The number of nitrogens with one attached hydrogen (secondary N) is 2. The minimum absolute atomic E-state index is 0.562. The van der Waals surface area contributed by atoms with Crippen LogP contribution in [0, 0.1) is 0 Å². The molecule has 0 radical (unpaired) electrons. The second-order valence-corrected chi connectivity index (χ2v) is 3.01. The summed E-state index contributed by atoms with van der Waals surface area (Å²) in [7, 11) is 1.60. The smallest absolute Gasteiger partial charge is 0.349 e. The Morgan fingerprint density at radius 1 is 1.38 bits per heavy atom. The van der Waals surface area contributed by atoms with Crippen LogP contribution in [0.4, 0.5) is 4.79 Å². The number of ether oxygens (including phenoxy) is 1. The lowest BCUT2D eigenvalue weighted by Gasteiger charge is -2.03. The van der Waals surface area contributed by atoms with E-state index in [4.69, 9.17) is 10.6 Å². The number of nitrogens with two attached hydrogens (primary N) is 1. The molecule has 2 amide bonds. The Kier molecular flexibility index (Phi) is 4.28. The summed E-state index contributed by atoms with van der Waals surface area (Å²) in [4.78, 5) is 10.8. The van der Waals surface area contributed by atoms with E-state index in [1.54, 1.807) is 14.0 Å². The monoisotopic (exact) mass is 222 g/mol. The van der Waals surface area contributed by atoms with E-state index in [2.05, 4.69) is 10.5 Å². The zero-order valence-electron chi connectivity index (χ0n) is 9.15. The van der Waals surface area contributed by atoms with Gasteiger partial charge in [0, 0.05) is 0 Å². The molecule has 0 aliphatic rings. The standard InChI is InChI=1S/C10H14N4O2/c1-7(13-14-10(15)12-11)8-3-5-9(16-2)6-4-8/h3-6H,11H2,1-2H3,(H2,12,14,15)/b13-7+. The Balaban J connectivity index is 2.71. The molecule has 0 saturated heterocycles. The number of hydrogen-bond donors (Lipinski definition) is 3. The van der Waals surface area contributed by atoms with Crippen LogP contribution < -0.4 is 21.4 Å². The summed E-state index contributed by atoms with van der Waals surface area (Å²) >= 11 is 0. The fourth-order valence-electron chi connectivity index (χ4n) is 1.06. The zero-order valence-corrected chi connectivity index (χ0v) is 9.15. The van der Waals surface area contributed by atoms with Gasteiger partial charge in [-0.2, -0.15) is 5.10 Å². The minimum atomic E-state index is -0.562. The molecule has 0 bridgehead atoms. The van der Waals surface area contributed by atoms with Crippen LogP contribution in [0.5, 0.6) is 5.75 Å². The number of hydrazone groups is 1. The van der Waals surface area contributed by atoms with Gasteiger partial charge in [-0.05, 0) is 36.8 Å². The lowest BCUT2D eigenvalue weighted by molar-refractivity contribution is 0.241. The van der Waals surface area contributed by atoms with Crippen LogP contribution in [0.3, 0.4) is 0 Å². The minimum Gasteiger partial charge on any atom is -0.497 e. The van der Waals surface area contributed by atoms with E-state index in [0.717, 1.165) is 11.3 Å². The maximum absolute atomic E-state index is 10.8. The van der Waals surface area contributed by atoms with E-state index in [-0.39, 0.29) is 0 Å². The molecular formula is C10H14N4O2. The molecule has 6 heteroatoms. The van der Waals surface area contributed by atoms with Crippen molar-refractivity contribution in [2.45, 2.75) is 6.92 Å². The zero-order chi connectivity index (χ0) is 12.0. The molecule has 16 heavy (non-hydrogen) atoms. The maximum atomic E-state index is 10.8. The van der Waals surface area contributed by atoms with Crippen LogP contribution in [0.25, 0.3) is 0 Å². The van der Waals surface area contributed by atoms with Gasteiger partial charge in [0.25, 0.3) is 0 Å². The van der Waals surface area contributed by atoms with E-state index < -0.39 is 6.03 Å². The Bertz CT molecular complexity index is 386. The van der Waals surface area contributed by atoms with Crippen LogP contribution in [0.15, 0.2) is 29.4 Å². The number of methoxy groups -OCH3 is 1. The highest BCUT2D eigenvalue weighted by Gasteiger charge is 1.99. The molecule has 0 spiro atoms. The number of benzene rings is 1. The molecule has 0 aromatic heterocycles. The average Bonchev–Trinajstić information content (AvgIpc) is 2.35. The van der Waals surface area contributed by atoms with Gasteiger partial charge in [0.2, 0.25) is 0 Å². The van der Waals surface area contributed by atoms with Crippen molar-refractivity contribution in [1.29, 1.82) is 0 Å². The molecule has 0 aliphatic heterocycles. The number of urea groups is 1. The predicted molar refractivity (Wildman–Crippen MR) is 61.1 cm³/mol. The fourth-order valence-corrected chi connectivity index (χ4v) is 1.06. The second kappa shape index (κ2) is 5.72. The van der Waals surface area contributed by atoms with Crippen molar-refractivity contribution < 1.29 is 9.53 Å². The van der Waals surface area contributed by atoms with Crippen molar-refractivity contribution in [2.75, 3.05) is 7.11 Å². The van der Waals surface area contributed by atoms with Crippen LogP contribution in [0.2, 0.25) is 0 Å². The third-order valence-corrected chi connectivity index (χ3v) is 1.96. The highest BCUT2D eigenvalue weighted by Crippen LogP contribution is 2.11. The van der Waals surface area contributed by atoms with Gasteiger partial charge in [0.1, 0.15) is 5.75 Å². The lowest BCUT2D eigenvalue weighted by atomic mass is 10.1.